The second-order valence-corrected chi connectivity index (χ2v) is 4.32. The number of hydrogen-bond donors (Lipinski definition) is 1. The minimum atomic E-state index is -0.704. The Kier molecular flexibility index (Phi) is 4.53. The van der Waals surface area contributed by atoms with Crippen molar-refractivity contribution in [3.63, 3.8) is 0 Å². The van der Waals surface area contributed by atoms with Gasteiger partial charge in [0.05, 0.1) is 12.7 Å². The lowest BCUT2D eigenvalue weighted by Crippen LogP contribution is -2.05. The van der Waals surface area contributed by atoms with Gasteiger partial charge in [0.2, 0.25) is 0 Å². The van der Waals surface area contributed by atoms with Crippen molar-refractivity contribution in [2.24, 2.45) is 0 Å². The van der Waals surface area contributed by atoms with Crippen LogP contribution in [0, 0.1) is 5.82 Å². The van der Waals surface area contributed by atoms with E-state index >= 15 is 0 Å². The fourth-order valence-corrected chi connectivity index (χ4v) is 2.04. The monoisotopic (exact) mass is 260 g/mol. The van der Waals surface area contributed by atoms with Gasteiger partial charge in [-0.3, -0.25) is 0 Å². The number of aliphatic hydroxyl groups excluding tert-OH is 1. The highest BCUT2D eigenvalue weighted by Crippen LogP contribution is 2.27. The summed E-state index contributed by atoms with van der Waals surface area (Å²) in [5, 5.41) is 10.3. The zero-order valence-corrected chi connectivity index (χ0v) is 10.8. The van der Waals surface area contributed by atoms with Crippen LogP contribution in [0.25, 0.3) is 0 Å². The molecule has 0 aliphatic carbocycles. The Balaban J connectivity index is 2.17. The zero-order chi connectivity index (χ0) is 13.7. The van der Waals surface area contributed by atoms with Gasteiger partial charge < -0.3 is 9.84 Å². The van der Waals surface area contributed by atoms with Crippen molar-refractivity contribution in [1.82, 2.24) is 0 Å². The molecular weight excluding hydrogens is 243 g/mol. The second-order valence-electron chi connectivity index (χ2n) is 4.32. The van der Waals surface area contributed by atoms with Gasteiger partial charge in [0, 0.05) is 12.0 Å². The lowest BCUT2D eigenvalue weighted by Gasteiger charge is -2.15. The molecule has 0 aliphatic heterocycles. The van der Waals surface area contributed by atoms with Crippen LogP contribution >= 0.6 is 0 Å². The Bertz CT molecular complexity index is 540. The lowest BCUT2D eigenvalue weighted by molar-refractivity contribution is 0.172. The van der Waals surface area contributed by atoms with E-state index in [0.29, 0.717) is 18.8 Å². The molecule has 1 atom stereocenters. The van der Waals surface area contributed by atoms with Crippen LogP contribution in [-0.2, 0) is 6.42 Å². The van der Waals surface area contributed by atoms with Crippen LogP contribution in [0.5, 0.6) is 5.75 Å². The van der Waals surface area contributed by atoms with E-state index in [9.17, 15) is 9.50 Å². The van der Waals surface area contributed by atoms with Gasteiger partial charge in [-0.2, -0.15) is 0 Å². The van der Waals surface area contributed by atoms with Gasteiger partial charge in [-0.15, -0.1) is 0 Å². The topological polar surface area (TPSA) is 29.5 Å². The quantitative estimate of drug-likeness (QED) is 0.891. The average molecular weight is 260 g/mol. The predicted octanol–water partition coefficient (Wildman–Crippen LogP) is 3.50. The first-order valence-electron chi connectivity index (χ1n) is 6.35. The van der Waals surface area contributed by atoms with Crippen LogP contribution < -0.4 is 4.74 Å². The molecule has 0 fully saturated rings. The maximum Gasteiger partial charge on any atom is 0.125 e. The van der Waals surface area contributed by atoms with E-state index in [1.54, 1.807) is 12.1 Å². The van der Waals surface area contributed by atoms with Crippen LogP contribution in [0.2, 0.25) is 0 Å². The SMILES string of the molecule is CCOc1ccccc1C(O)Cc1cccc(F)c1. The zero-order valence-electron chi connectivity index (χ0n) is 10.8. The minimum absolute atomic E-state index is 0.289. The number of ether oxygens (including phenoxy) is 1. The lowest BCUT2D eigenvalue weighted by atomic mass is 10.0. The summed E-state index contributed by atoms with van der Waals surface area (Å²) in [4.78, 5) is 0. The summed E-state index contributed by atoms with van der Waals surface area (Å²) in [6.07, 6.45) is -0.341. The van der Waals surface area contributed by atoms with Crippen molar-refractivity contribution in [2.75, 3.05) is 6.61 Å². The van der Waals surface area contributed by atoms with Gasteiger partial charge in [-0.1, -0.05) is 30.3 Å². The van der Waals surface area contributed by atoms with Crippen molar-refractivity contribution >= 4 is 0 Å². The van der Waals surface area contributed by atoms with E-state index in [-0.39, 0.29) is 5.82 Å². The first kappa shape index (κ1) is 13.6. The normalized spacial score (nSPS) is 12.2. The molecule has 2 aromatic carbocycles. The molecule has 0 saturated carbocycles. The number of halogens is 1. The Labute approximate surface area is 112 Å². The molecule has 100 valence electrons. The summed E-state index contributed by atoms with van der Waals surface area (Å²) in [7, 11) is 0. The molecule has 0 heterocycles. The number of para-hydroxylation sites is 1. The third-order valence-corrected chi connectivity index (χ3v) is 2.90. The molecule has 1 unspecified atom stereocenters. The minimum Gasteiger partial charge on any atom is -0.493 e. The number of rotatable bonds is 5. The van der Waals surface area contributed by atoms with Gasteiger partial charge in [0.15, 0.2) is 0 Å². The Morgan fingerprint density at radius 1 is 1.16 bits per heavy atom. The standard InChI is InChI=1S/C16H17FO2/c1-2-19-16-9-4-3-8-14(16)15(18)11-12-6-5-7-13(17)10-12/h3-10,15,18H,2,11H2,1H3. The van der Waals surface area contributed by atoms with E-state index in [2.05, 4.69) is 0 Å². The summed E-state index contributed by atoms with van der Waals surface area (Å²) >= 11 is 0. The molecule has 2 nitrogen and oxygen atoms in total. The number of aliphatic hydroxyl groups is 1. The molecule has 0 bridgehead atoms. The van der Waals surface area contributed by atoms with Crippen molar-refractivity contribution in [1.29, 1.82) is 0 Å². The highest BCUT2D eigenvalue weighted by atomic mass is 19.1. The van der Waals surface area contributed by atoms with Crippen LogP contribution in [0.4, 0.5) is 4.39 Å². The molecular formula is C16H17FO2. The molecule has 1 N–H and O–H groups in total. The highest BCUT2D eigenvalue weighted by molar-refractivity contribution is 5.36. The molecule has 0 aromatic heterocycles. The van der Waals surface area contributed by atoms with Crippen LogP contribution in [0.15, 0.2) is 48.5 Å². The first-order chi connectivity index (χ1) is 9.20. The van der Waals surface area contributed by atoms with Crippen LogP contribution in [-0.4, -0.2) is 11.7 Å². The van der Waals surface area contributed by atoms with Crippen molar-refractivity contribution in [3.05, 3.63) is 65.5 Å². The molecule has 2 rings (SSSR count). The first-order valence-corrected chi connectivity index (χ1v) is 6.35. The largest absolute Gasteiger partial charge is 0.493 e. The summed E-state index contributed by atoms with van der Waals surface area (Å²) < 4.78 is 18.6. The number of hydrogen-bond acceptors (Lipinski definition) is 2. The smallest absolute Gasteiger partial charge is 0.125 e. The van der Waals surface area contributed by atoms with Gasteiger partial charge in [0.25, 0.3) is 0 Å². The van der Waals surface area contributed by atoms with Gasteiger partial charge in [-0.05, 0) is 30.7 Å². The Hall–Kier alpha value is -1.87. The van der Waals surface area contributed by atoms with Gasteiger partial charge in [0.1, 0.15) is 11.6 Å². The maximum absolute atomic E-state index is 13.1. The fourth-order valence-electron chi connectivity index (χ4n) is 2.04. The van der Waals surface area contributed by atoms with Crippen molar-refractivity contribution in [3.8, 4) is 5.75 Å². The fraction of sp³-hybridized carbons (Fsp3) is 0.250. The number of benzene rings is 2. The molecule has 2 aromatic rings. The van der Waals surface area contributed by atoms with E-state index in [1.807, 2.05) is 31.2 Å². The molecule has 3 heteroatoms. The van der Waals surface area contributed by atoms with Gasteiger partial charge in [-0.25, -0.2) is 4.39 Å². The summed E-state index contributed by atoms with van der Waals surface area (Å²) in [5.74, 6) is 0.386. The van der Waals surface area contributed by atoms with Gasteiger partial charge >= 0.3 is 0 Å². The summed E-state index contributed by atoms with van der Waals surface area (Å²) in [6.45, 7) is 2.44. The molecule has 0 amide bonds. The van der Waals surface area contributed by atoms with E-state index < -0.39 is 6.10 Å². The van der Waals surface area contributed by atoms with Crippen LogP contribution in [0.3, 0.4) is 0 Å². The molecule has 0 spiro atoms. The van der Waals surface area contributed by atoms with Crippen molar-refractivity contribution < 1.29 is 14.2 Å². The molecule has 0 radical (unpaired) electrons. The third kappa shape index (κ3) is 3.55. The van der Waals surface area contributed by atoms with Crippen LogP contribution in [0.1, 0.15) is 24.2 Å². The van der Waals surface area contributed by atoms with E-state index in [1.165, 1.54) is 12.1 Å². The summed E-state index contributed by atoms with van der Waals surface area (Å²) in [6, 6.07) is 13.6. The predicted molar refractivity (Wildman–Crippen MR) is 72.7 cm³/mol. The second kappa shape index (κ2) is 6.34. The molecule has 0 saturated heterocycles. The third-order valence-electron chi connectivity index (χ3n) is 2.90. The maximum atomic E-state index is 13.1. The Morgan fingerprint density at radius 3 is 2.68 bits per heavy atom. The van der Waals surface area contributed by atoms with Crippen molar-refractivity contribution in [2.45, 2.75) is 19.4 Å². The Morgan fingerprint density at radius 2 is 1.95 bits per heavy atom. The average Bonchev–Trinajstić information content (AvgIpc) is 2.39. The van der Waals surface area contributed by atoms with E-state index in [0.717, 1.165) is 11.1 Å². The summed E-state index contributed by atoms with van der Waals surface area (Å²) in [5.41, 5.74) is 1.49. The molecule has 19 heavy (non-hydrogen) atoms. The van der Waals surface area contributed by atoms with E-state index in [4.69, 9.17) is 4.74 Å². The highest BCUT2D eigenvalue weighted by Gasteiger charge is 2.13. The molecule has 0 aliphatic rings.